The Morgan fingerprint density at radius 1 is 1.30 bits per heavy atom. The molecule has 3 aromatic rings. The van der Waals surface area contributed by atoms with Gasteiger partial charge in [-0.05, 0) is 0 Å². The number of nitrogens with one attached hydrogen (secondary N) is 1. The Bertz CT molecular complexity index is 1080. The summed E-state index contributed by atoms with van der Waals surface area (Å²) in [5.41, 5.74) is 4.55. The van der Waals surface area contributed by atoms with Crippen LogP contribution in [0.4, 0.5) is 11.5 Å². The van der Waals surface area contributed by atoms with Gasteiger partial charge >= 0.3 is 11.4 Å². The van der Waals surface area contributed by atoms with E-state index in [1.54, 1.807) is 0 Å². The largest absolute Gasteiger partial charge is 0.378 e. The maximum Gasteiger partial charge on any atom is 0.332 e. The average Bonchev–Trinajstić information content (AvgIpc) is 2.96. The number of nitro groups is 1. The van der Waals surface area contributed by atoms with Crippen LogP contribution in [-0.2, 0) is 14.1 Å². The average molecular weight is 317 g/mol. The van der Waals surface area contributed by atoms with E-state index in [-0.39, 0.29) is 34.1 Å². The topological polar surface area (TPSA) is 155 Å². The molecule has 11 heteroatoms. The number of imidazole rings is 1. The van der Waals surface area contributed by atoms with Crippen LogP contribution in [0, 0.1) is 10.1 Å². The number of nitrogens with zero attached hydrogens (tertiary/aromatic N) is 5. The van der Waals surface area contributed by atoms with Crippen LogP contribution in [-0.4, -0.2) is 29.0 Å². The smallest absolute Gasteiger partial charge is 0.332 e. The van der Waals surface area contributed by atoms with E-state index in [1.165, 1.54) is 30.9 Å². The number of aromatic nitrogens is 5. The molecule has 0 aliphatic rings. The summed E-state index contributed by atoms with van der Waals surface area (Å²) in [7, 11) is 2.82. The zero-order chi connectivity index (χ0) is 16.9. The molecule has 0 saturated heterocycles. The highest BCUT2D eigenvalue weighted by Crippen LogP contribution is 2.25. The van der Waals surface area contributed by atoms with E-state index in [0.717, 1.165) is 4.57 Å². The summed E-state index contributed by atoms with van der Waals surface area (Å²) in [5.74, 6) is -0.0490. The van der Waals surface area contributed by atoms with Gasteiger partial charge in [-0.25, -0.2) is 14.8 Å². The summed E-state index contributed by atoms with van der Waals surface area (Å²) in [6.45, 7) is 0. The van der Waals surface area contributed by atoms with Crippen LogP contribution in [0.3, 0.4) is 0 Å². The number of aromatic amines is 1. The Balaban J connectivity index is 2.31. The molecule has 3 heterocycles. The molecule has 0 atom stereocenters. The van der Waals surface area contributed by atoms with Gasteiger partial charge in [0.15, 0.2) is 5.65 Å². The molecular weight excluding hydrogens is 306 g/mol. The lowest BCUT2D eigenvalue weighted by atomic mass is 10.2. The van der Waals surface area contributed by atoms with E-state index in [4.69, 9.17) is 5.73 Å². The lowest BCUT2D eigenvalue weighted by molar-refractivity contribution is -0.384. The highest BCUT2D eigenvalue weighted by Gasteiger charge is 2.18. The Kier molecular flexibility index (Phi) is 2.99. The van der Waals surface area contributed by atoms with Gasteiger partial charge in [0, 0.05) is 31.9 Å². The molecule has 3 aromatic heterocycles. The third-order valence-electron chi connectivity index (χ3n) is 3.46. The molecule has 3 N–H and O–H groups in total. The van der Waals surface area contributed by atoms with Crippen LogP contribution >= 0.6 is 0 Å². The minimum atomic E-state index is -0.663. The lowest BCUT2D eigenvalue weighted by Crippen LogP contribution is -2.36. The van der Waals surface area contributed by atoms with Gasteiger partial charge in [-0.3, -0.25) is 24.0 Å². The Morgan fingerprint density at radius 2 is 2.00 bits per heavy atom. The molecule has 0 amide bonds. The van der Waals surface area contributed by atoms with Crippen molar-refractivity contribution < 1.29 is 4.92 Å². The van der Waals surface area contributed by atoms with E-state index < -0.39 is 16.2 Å². The number of pyridine rings is 1. The van der Waals surface area contributed by atoms with Crippen molar-refractivity contribution in [3.8, 4) is 11.4 Å². The molecule has 3 rings (SSSR count). The van der Waals surface area contributed by atoms with Gasteiger partial charge in [0.2, 0.25) is 5.82 Å². The molecule has 23 heavy (non-hydrogen) atoms. The number of aryl methyl sites for hydroxylation is 1. The number of hydrogen-bond donors (Lipinski definition) is 2. The van der Waals surface area contributed by atoms with Crippen molar-refractivity contribution in [2.75, 3.05) is 5.73 Å². The van der Waals surface area contributed by atoms with Crippen molar-refractivity contribution in [2.45, 2.75) is 0 Å². The second-order valence-corrected chi connectivity index (χ2v) is 4.88. The van der Waals surface area contributed by atoms with Crippen LogP contribution in [0.2, 0.25) is 0 Å². The minimum absolute atomic E-state index is 0.115. The van der Waals surface area contributed by atoms with E-state index >= 15 is 0 Å². The van der Waals surface area contributed by atoms with Gasteiger partial charge in [-0.2, -0.15) is 0 Å². The normalized spacial score (nSPS) is 11.0. The number of nitrogens with two attached hydrogens (primary N) is 1. The third kappa shape index (κ3) is 2.06. The fraction of sp³-hybridized carbons (Fsp3) is 0.167. The zero-order valence-corrected chi connectivity index (χ0v) is 12.1. The monoisotopic (exact) mass is 317 g/mol. The predicted octanol–water partition coefficient (Wildman–Crippen LogP) is -0.487. The first-order valence-corrected chi connectivity index (χ1v) is 6.37. The third-order valence-corrected chi connectivity index (χ3v) is 3.46. The summed E-state index contributed by atoms with van der Waals surface area (Å²) >= 11 is 0. The highest BCUT2D eigenvalue weighted by atomic mass is 16.6. The zero-order valence-electron chi connectivity index (χ0n) is 12.1. The Hall–Kier alpha value is -3.50. The highest BCUT2D eigenvalue weighted by molar-refractivity contribution is 5.76. The van der Waals surface area contributed by atoms with Gasteiger partial charge in [0.05, 0.1) is 4.92 Å². The lowest BCUT2D eigenvalue weighted by Gasteiger charge is -2.00. The quantitative estimate of drug-likeness (QED) is 0.477. The molecule has 0 saturated carbocycles. The van der Waals surface area contributed by atoms with Gasteiger partial charge in [-0.15, -0.1) is 0 Å². The molecule has 0 bridgehead atoms. The molecule has 0 radical (unpaired) electrons. The summed E-state index contributed by atoms with van der Waals surface area (Å²) in [5, 5.41) is 10.9. The van der Waals surface area contributed by atoms with Crippen LogP contribution < -0.4 is 17.0 Å². The molecular formula is C12H11N7O4. The van der Waals surface area contributed by atoms with Crippen molar-refractivity contribution in [1.29, 1.82) is 0 Å². The standard InChI is InChI=1S/C12H11N7O4/c1-17-10-7(11(20)18(2)12(17)21)15-9(16-10)5-3-6(19(22)23)8(13)14-4-5/h3-4H,1-2H3,(H2,13,14)(H,15,16). The van der Waals surface area contributed by atoms with Gasteiger partial charge in [0.1, 0.15) is 11.3 Å². The minimum Gasteiger partial charge on any atom is -0.378 e. The van der Waals surface area contributed by atoms with Gasteiger partial charge < -0.3 is 10.7 Å². The first kappa shape index (κ1) is 14.4. The first-order valence-electron chi connectivity index (χ1n) is 6.37. The maximum absolute atomic E-state index is 12.1. The molecule has 118 valence electrons. The number of hydrogen-bond acceptors (Lipinski definition) is 7. The van der Waals surface area contributed by atoms with Gasteiger partial charge in [0.25, 0.3) is 5.56 Å². The van der Waals surface area contributed by atoms with E-state index in [0.29, 0.717) is 0 Å². The van der Waals surface area contributed by atoms with Crippen LogP contribution in [0.1, 0.15) is 0 Å². The Labute approximate surface area is 127 Å². The van der Waals surface area contributed by atoms with Crippen molar-refractivity contribution in [3.63, 3.8) is 0 Å². The number of nitrogen functional groups attached to an aromatic ring is 1. The molecule has 0 fully saturated rings. The second-order valence-electron chi connectivity index (χ2n) is 4.88. The fourth-order valence-corrected chi connectivity index (χ4v) is 2.20. The molecule has 0 aliphatic carbocycles. The molecule has 11 nitrogen and oxygen atoms in total. The summed E-state index contributed by atoms with van der Waals surface area (Å²) < 4.78 is 2.14. The van der Waals surface area contributed by atoms with Crippen LogP contribution in [0.15, 0.2) is 21.9 Å². The number of H-pyrrole nitrogens is 1. The van der Waals surface area contributed by atoms with Crippen LogP contribution in [0.25, 0.3) is 22.6 Å². The second kappa shape index (κ2) is 4.76. The van der Waals surface area contributed by atoms with Crippen molar-refractivity contribution in [1.82, 2.24) is 24.1 Å². The fourth-order valence-electron chi connectivity index (χ4n) is 2.20. The molecule has 0 unspecified atom stereocenters. The van der Waals surface area contributed by atoms with E-state index in [1.807, 2.05) is 0 Å². The van der Waals surface area contributed by atoms with E-state index in [2.05, 4.69) is 15.0 Å². The van der Waals surface area contributed by atoms with E-state index in [9.17, 15) is 19.7 Å². The number of fused-ring (bicyclic) bond motifs is 1. The number of anilines is 1. The number of rotatable bonds is 2. The molecule has 0 aromatic carbocycles. The van der Waals surface area contributed by atoms with Crippen molar-refractivity contribution in [3.05, 3.63) is 43.2 Å². The first-order chi connectivity index (χ1) is 10.8. The van der Waals surface area contributed by atoms with Crippen molar-refractivity contribution >= 4 is 22.7 Å². The molecule has 0 aliphatic heterocycles. The summed E-state index contributed by atoms with van der Waals surface area (Å²) in [6.07, 6.45) is 1.29. The predicted molar refractivity (Wildman–Crippen MR) is 80.9 cm³/mol. The maximum atomic E-state index is 12.1. The van der Waals surface area contributed by atoms with Gasteiger partial charge in [-0.1, -0.05) is 0 Å². The SMILES string of the molecule is Cn1c(=O)c2[nH]c(-c3cnc(N)c([N+](=O)[O-])c3)nc2n(C)c1=O. The summed E-state index contributed by atoms with van der Waals surface area (Å²) in [6, 6.07) is 1.20. The molecule has 0 spiro atoms. The Morgan fingerprint density at radius 3 is 2.65 bits per heavy atom. The van der Waals surface area contributed by atoms with Crippen molar-refractivity contribution in [2.24, 2.45) is 14.1 Å². The van der Waals surface area contributed by atoms with Crippen LogP contribution in [0.5, 0.6) is 0 Å². The summed E-state index contributed by atoms with van der Waals surface area (Å²) in [4.78, 5) is 45.0.